The summed E-state index contributed by atoms with van der Waals surface area (Å²) in [4.78, 5) is 76.0. The van der Waals surface area contributed by atoms with Crippen molar-refractivity contribution in [2.75, 3.05) is 6.54 Å². The van der Waals surface area contributed by atoms with Crippen molar-refractivity contribution in [1.29, 1.82) is 0 Å². The molecule has 1 aromatic carbocycles. The van der Waals surface area contributed by atoms with Gasteiger partial charge in [-0.1, -0.05) is 45.7 Å². The minimum atomic E-state index is -4.25. The Kier molecular flexibility index (Phi) is 10.1. The Balaban J connectivity index is 1.13. The number of nitrogens with one attached hydrogen (secondary N) is 3. The van der Waals surface area contributed by atoms with Crippen LogP contribution in [-0.2, 0) is 35.7 Å². The van der Waals surface area contributed by atoms with Crippen molar-refractivity contribution >= 4 is 44.7 Å². The van der Waals surface area contributed by atoms with Gasteiger partial charge in [-0.25, -0.2) is 22.0 Å². The lowest BCUT2D eigenvalue weighted by Crippen LogP contribution is -2.60. The first kappa shape index (κ1) is 40.4. The number of ether oxygens (including phenoxy) is 2. The fraction of sp³-hybridized carbons (Fsp3) is 0.700. The zero-order valence-electron chi connectivity index (χ0n) is 33.2. The molecule has 2 bridgehead atoms. The van der Waals surface area contributed by atoms with E-state index in [0.717, 1.165) is 32.1 Å². The summed E-state index contributed by atoms with van der Waals surface area (Å²) in [5.41, 5.74) is -3.10. The second-order valence-electron chi connectivity index (χ2n) is 18.6. The van der Waals surface area contributed by atoms with Crippen LogP contribution in [0, 0.1) is 29.1 Å². The summed E-state index contributed by atoms with van der Waals surface area (Å²) in [5.74, 6) is -3.50. The smallest absolute Gasteiger partial charge is 0.408 e. The van der Waals surface area contributed by atoms with Crippen LogP contribution in [-0.4, -0.2) is 94.2 Å². The average Bonchev–Trinajstić information content (AvgIpc) is 4.11. The van der Waals surface area contributed by atoms with Crippen LogP contribution in [0.1, 0.15) is 91.9 Å². The second kappa shape index (κ2) is 14.4. The zero-order valence-corrected chi connectivity index (χ0v) is 34.0. The lowest BCUT2D eigenvalue weighted by molar-refractivity contribution is -0.143. The van der Waals surface area contributed by atoms with Crippen molar-refractivity contribution in [1.82, 2.24) is 29.8 Å². The van der Waals surface area contributed by atoms with Crippen LogP contribution >= 0.6 is 0 Å². The zero-order chi connectivity index (χ0) is 41.5. The number of hydrogen-bond donors (Lipinski definition) is 3. The second-order valence-corrected chi connectivity index (χ2v) is 20.8. The Morgan fingerprint density at radius 2 is 1.76 bits per heavy atom. The van der Waals surface area contributed by atoms with E-state index in [0.29, 0.717) is 29.2 Å². The van der Waals surface area contributed by atoms with Gasteiger partial charge in [0.1, 0.15) is 29.8 Å². The molecule has 5 fully saturated rings. The van der Waals surface area contributed by atoms with Crippen molar-refractivity contribution in [2.45, 2.75) is 139 Å². The van der Waals surface area contributed by atoms with Gasteiger partial charge in [-0.05, 0) is 87.2 Å². The predicted octanol–water partition coefficient (Wildman–Crippen LogP) is 3.62. The molecular formula is C40H52F2N6O9S. The quantitative estimate of drug-likeness (QED) is 0.387. The molecule has 1 aromatic heterocycles. The Bertz CT molecular complexity index is 2190. The van der Waals surface area contributed by atoms with E-state index in [9.17, 15) is 41.2 Å². The molecule has 316 valence electrons. The molecule has 4 aliphatic carbocycles. The summed E-state index contributed by atoms with van der Waals surface area (Å²) in [6.45, 7) is 6.71. The van der Waals surface area contributed by atoms with E-state index in [1.807, 2.05) is 4.72 Å². The number of sulfonamides is 1. The lowest BCUT2D eigenvalue weighted by Gasteiger charge is -2.36. The fourth-order valence-electron chi connectivity index (χ4n) is 9.38. The van der Waals surface area contributed by atoms with Crippen molar-refractivity contribution in [3.8, 4) is 6.01 Å². The summed E-state index contributed by atoms with van der Waals surface area (Å²) in [7, 11) is -4.25. The van der Waals surface area contributed by atoms with E-state index in [4.69, 9.17) is 9.47 Å². The molecule has 6 aliphatic rings. The number of alkyl halides is 2. The SMILES string of the molecule is CC(C)(C)[C@@H]1NC(=O)O[C@@H]2C[C@@H]3C[C@@H]3[C@H]2CCCCCn2c(nc3ccccc3c2=O)O[C@@H]2C[C@@H](C(=O)N[C@]3(C(=O)NS(=O)(=O)C4(C)CC4)C[C@H]3C(F)F)N(C2)C1=O. The number of benzene rings is 1. The molecule has 8 rings (SSSR count). The molecule has 2 aliphatic heterocycles. The third-order valence-corrected chi connectivity index (χ3v) is 15.6. The Labute approximate surface area is 335 Å². The van der Waals surface area contributed by atoms with E-state index < -0.39 is 86.5 Å². The van der Waals surface area contributed by atoms with Gasteiger partial charge in [-0.3, -0.25) is 28.5 Å². The molecule has 2 aromatic rings. The normalized spacial score (nSPS) is 33.3. The first-order valence-corrected chi connectivity index (χ1v) is 21.9. The highest BCUT2D eigenvalue weighted by molar-refractivity contribution is 7.91. The molecule has 3 N–H and O–H groups in total. The van der Waals surface area contributed by atoms with E-state index >= 15 is 0 Å². The van der Waals surface area contributed by atoms with Crippen LogP contribution in [0.25, 0.3) is 10.9 Å². The number of alkyl carbamates (subject to hydrolysis) is 1. The van der Waals surface area contributed by atoms with Crippen molar-refractivity contribution < 1.29 is 45.9 Å². The van der Waals surface area contributed by atoms with Gasteiger partial charge in [0, 0.05) is 13.0 Å². The Morgan fingerprint density at radius 3 is 2.45 bits per heavy atom. The van der Waals surface area contributed by atoms with Gasteiger partial charge in [0.15, 0.2) is 0 Å². The number of fused-ring (bicyclic) bond motifs is 7. The van der Waals surface area contributed by atoms with Gasteiger partial charge in [0.05, 0.1) is 28.1 Å². The number of para-hydroxylation sites is 1. The van der Waals surface area contributed by atoms with E-state index in [2.05, 4.69) is 15.6 Å². The number of hydrogen-bond acceptors (Lipinski definition) is 10. The molecule has 18 heteroatoms. The summed E-state index contributed by atoms with van der Waals surface area (Å²) < 4.78 is 69.1. The maximum absolute atomic E-state index is 14.7. The molecule has 15 nitrogen and oxygen atoms in total. The van der Waals surface area contributed by atoms with Crippen LogP contribution < -0.4 is 25.7 Å². The Morgan fingerprint density at radius 1 is 1.02 bits per heavy atom. The highest BCUT2D eigenvalue weighted by Gasteiger charge is 2.67. The highest BCUT2D eigenvalue weighted by Crippen LogP contribution is 2.58. The van der Waals surface area contributed by atoms with Crippen LogP contribution in [0.4, 0.5) is 13.6 Å². The fourth-order valence-corrected chi connectivity index (χ4v) is 10.7. The number of amides is 4. The minimum absolute atomic E-state index is 0.0105. The highest BCUT2D eigenvalue weighted by atomic mass is 32.2. The number of nitrogens with zero attached hydrogens (tertiary/aromatic N) is 3. The standard InChI is InChI=1S/C40H52F2N6O9S/c1-38(2,3)30-34(51)48-20-22(18-28(48)32(49)45-40(19-26(40)31(41)42)35(52)46-58(54,55)39(4)13-14-39)56-36-43-27-12-8-7-11-24(27)33(50)47(36)15-9-5-6-10-23-25-16-21(25)17-29(23)57-37(53)44-30/h7-8,11-12,21-23,25-26,28-31H,5-6,9-10,13-20H2,1-4H3,(H,44,53)(H,45,49)(H,46,52)/t21-,22+,23+,25-,26-,28-,29+,30+,40+/m0/s1. The molecule has 3 heterocycles. The van der Waals surface area contributed by atoms with E-state index in [1.165, 1.54) is 16.4 Å². The minimum Gasteiger partial charge on any atom is -0.459 e. The average molecular weight is 831 g/mol. The van der Waals surface area contributed by atoms with Crippen LogP contribution in [0.15, 0.2) is 29.1 Å². The van der Waals surface area contributed by atoms with Gasteiger partial charge < -0.3 is 25.0 Å². The first-order chi connectivity index (χ1) is 27.3. The van der Waals surface area contributed by atoms with Crippen LogP contribution in [0.5, 0.6) is 6.01 Å². The number of carbonyl (C=O) groups excluding carboxylic acids is 4. The maximum Gasteiger partial charge on any atom is 0.408 e. The van der Waals surface area contributed by atoms with Crippen LogP contribution in [0.2, 0.25) is 0 Å². The van der Waals surface area contributed by atoms with Crippen molar-refractivity contribution in [3.05, 3.63) is 34.6 Å². The van der Waals surface area contributed by atoms with Gasteiger partial charge in [-0.2, -0.15) is 4.98 Å². The molecule has 58 heavy (non-hydrogen) atoms. The predicted molar refractivity (Wildman–Crippen MR) is 205 cm³/mol. The van der Waals surface area contributed by atoms with E-state index in [-0.39, 0.29) is 55.9 Å². The van der Waals surface area contributed by atoms with Crippen molar-refractivity contribution in [3.63, 3.8) is 0 Å². The monoisotopic (exact) mass is 830 g/mol. The molecule has 0 unspecified atom stereocenters. The molecule has 0 spiro atoms. The van der Waals surface area contributed by atoms with E-state index in [1.54, 1.807) is 45.0 Å². The third-order valence-electron chi connectivity index (χ3n) is 13.4. The summed E-state index contributed by atoms with van der Waals surface area (Å²) >= 11 is 0. The molecule has 1 saturated heterocycles. The molecule has 4 saturated carbocycles. The molecule has 4 amide bonds. The number of carbonyl (C=O) groups is 4. The molecule has 9 atom stereocenters. The molecule has 0 radical (unpaired) electrons. The number of aromatic nitrogens is 2. The Hall–Kier alpha value is -4.35. The van der Waals surface area contributed by atoms with Gasteiger partial charge >= 0.3 is 6.09 Å². The van der Waals surface area contributed by atoms with Crippen molar-refractivity contribution in [2.24, 2.45) is 29.1 Å². The lowest BCUT2D eigenvalue weighted by atomic mass is 9.85. The summed E-state index contributed by atoms with van der Waals surface area (Å²) in [6.07, 6.45) is -0.328. The van der Waals surface area contributed by atoms with Gasteiger partial charge in [-0.15, -0.1) is 0 Å². The first-order valence-electron chi connectivity index (χ1n) is 20.4. The topological polar surface area (TPSA) is 195 Å². The summed E-state index contributed by atoms with van der Waals surface area (Å²) in [5, 5.41) is 5.60. The molecular weight excluding hydrogens is 779 g/mol. The summed E-state index contributed by atoms with van der Waals surface area (Å²) in [6, 6.07) is 4.18. The largest absolute Gasteiger partial charge is 0.459 e. The number of halogens is 2. The maximum atomic E-state index is 14.7. The van der Waals surface area contributed by atoms with Gasteiger partial charge in [0.2, 0.25) is 28.3 Å². The number of rotatable bonds is 6. The third kappa shape index (κ3) is 7.42. The van der Waals surface area contributed by atoms with Crippen LogP contribution in [0.3, 0.4) is 0 Å². The van der Waals surface area contributed by atoms with Gasteiger partial charge in [0.25, 0.3) is 17.5 Å².